The van der Waals surface area contributed by atoms with Crippen LogP contribution in [-0.4, -0.2) is 20.5 Å². The zero-order valence-corrected chi connectivity index (χ0v) is 8.79. The Balaban J connectivity index is 2.35. The van der Waals surface area contributed by atoms with Crippen molar-refractivity contribution in [2.45, 2.75) is 23.0 Å². The van der Waals surface area contributed by atoms with Gasteiger partial charge in [0.15, 0.2) is 0 Å². The van der Waals surface area contributed by atoms with Crippen LogP contribution < -0.4 is 0 Å². The summed E-state index contributed by atoms with van der Waals surface area (Å²) < 4.78 is 19.7. The monoisotopic (exact) mass is 225 g/mol. The molecule has 0 aliphatic heterocycles. The van der Waals surface area contributed by atoms with Crippen molar-refractivity contribution in [3.8, 4) is 0 Å². The van der Waals surface area contributed by atoms with Crippen LogP contribution in [0.15, 0.2) is 29.2 Å². The van der Waals surface area contributed by atoms with Gasteiger partial charge in [-0.25, -0.2) is 13.8 Å². The highest BCUT2D eigenvalue weighted by Crippen LogP contribution is 2.33. The van der Waals surface area contributed by atoms with Crippen LogP contribution in [0.5, 0.6) is 0 Å². The third kappa shape index (κ3) is 1.87. The molecule has 0 aromatic heterocycles. The number of carboxylic acids is 1. The third-order valence-electron chi connectivity index (χ3n) is 2.45. The molecule has 2 N–H and O–H groups in total. The van der Waals surface area contributed by atoms with Crippen molar-refractivity contribution in [1.29, 1.82) is 4.78 Å². The van der Waals surface area contributed by atoms with Crippen LogP contribution in [-0.2, 0) is 9.73 Å². The first-order valence-electron chi connectivity index (χ1n) is 4.63. The van der Waals surface area contributed by atoms with Gasteiger partial charge >= 0.3 is 5.97 Å². The Morgan fingerprint density at radius 3 is 2.27 bits per heavy atom. The zero-order chi connectivity index (χ0) is 11.1. The lowest BCUT2D eigenvalue weighted by Gasteiger charge is -2.05. The molecule has 1 aliphatic rings. The molecule has 5 heteroatoms. The molecular formula is C10H11NO3S. The van der Waals surface area contributed by atoms with E-state index in [-0.39, 0.29) is 10.8 Å². The summed E-state index contributed by atoms with van der Waals surface area (Å²) in [5, 5.41) is 8.65. The van der Waals surface area contributed by atoms with Gasteiger partial charge in [0.2, 0.25) is 0 Å². The highest BCUT2D eigenvalue weighted by Gasteiger charge is 2.33. The standard InChI is InChI=1S/C10H11NO3S/c11-15(14,9-5-6-9)8-3-1-7(2-4-8)10(12)13/h1-4,9,11H,5-6H2,(H,12,13). The lowest BCUT2D eigenvalue weighted by atomic mass is 10.2. The molecule has 1 saturated carbocycles. The number of aromatic carboxylic acids is 1. The Kier molecular flexibility index (Phi) is 2.26. The number of benzene rings is 1. The molecule has 1 fully saturated rings. The predicted octanol–water partition coefficient (Wildman–Crippen LogP) is 1.95. The largest absolute Gasteiger partial charge is 0.478 e. The fourth-order valence-corrected chi connectivity index (χ4v) is 3.12. The van der Waals surface area contributed by atoms with E-state index in [0.29, 0.717) is 4.90 Å². The Hall–Kier alpha value is -1.36. The highest BCUT2D eigenvalue weighted by molar-refractivity contribution is 7.93. The number of hydrogen-bond donors (Lipinski definition) is 2. The number of carbonyl (C=O) groups is 1. The van der Waals surface area contributed by atoms with Crippen molar-refractivity contribution < 1.29 is 14.1 Å². The molecule has 0 spiro atoms. The van der Waals surface area contributed by atoms with E-state index in [0.717, 1.165) is 12.8 Å². The fraction of sp³-hybridized carbons (Fsp3) is 0.300. The first-order chi connectivity index (χ1) is 7.01. The quantitative estimate of drug-likeness (QED) is 0.825. The first-order valence-corrected chi connectivity index (χ1v) is 6.25. The molecule has 0 heterocycles. The molecule has 1 aliphatic carbocycles. The number of hydrogen-bond acceptors (Lipinski definition) is 3. The topological polar surface area (TPSA) is 78.2 Å². The van der Waals surface area contributed by atoms with Gasteiger partial charge in [-0.2, -0.15) is 0 Å². The summed E-state index contributed by atoms with van der Waals surface area (Å²) in [4.78, 5) is 11.0. The van der Waals surface area contributed by atoms with Gasteiger partial charge in [-0.1, -0.05) is 0 Å². The molecular weight excluding hydrogens is 214 g/mol. The second kappa shape index (κ2) is 3.34. The summed E-state index contributed by atoms with van der Waals surface area (Å²) >= 11 is 0. The van der Waals surface area contributed by atoms with Gasteiger partial charge in [-0.3, -0.25) is 0 Å². The van der Waals surface area contributed by atoms with Gasteiger partial charge in [0.25, 0.3) is 0 Å². The summed E-state index contributed by atoms with van der Waals surface area (Å²) in [7, 11) is -2.70. The highest BCUT2D eigenvalue weighted by atomic mass is 32.2. The van der Waals surface area contributed by atoms with Gasteiger partial charge in [0.1, 0.15) is 0 Å². The van der Waals surface area contributed by atoms with Crippen LogP contribution in [0.2, 0.25) is 0 Å². The van der Waals surface area contributed by atoms with Crippen molar-refractivity contribution in [3.63, 3.8) is 0 Å². The van der Waals surface area contributed by atoms with Crippen molar-refractivity contribution in [3.05, 3.63) is 29.8 Å². The Morgan fingerprint density at radius 1 is 1.33 bits per heavy atom. The van der Waals surface area contributed by atoms with Crippen LogP contribution in [0.4, 0.5) is 0 Å². The second-order valence-electron chi connectivity index (χ2n) is 3.63. The number of rotatable bonds is 3. The summed E-state index contributed by atoms with van der Waals surface area (Å²) in [5.41, 5.74) is 0.157. The van der Waals surface area contributed by atoms with Crippen LogP contribution in [0.1, 0.15) is 23.2 Å². The molecule has 1 aromatic rings. The normalized spacial score (nSPS) is 19.5. The van der Waals surface area contributed by atoms with E-state index in [9.17, 15) is 9.00 Å². The average molecular weight is 225 g/mol. The van der Waals surface area contributed by atoms with E-state index in [4.69, 9.17) is 9.89 Å². The molecule has 0 saturated heterocycles. The maximum Gasteiger partial charge on any atom is 0.335 e. The predicted molar refractivity (Wildman–Crippen MR) is 55.6 cm³/mol. The fourth-order valence-electron chi connectivity index (χ4n) is 1.39. The van der Waals surface area contributed by atoms with E-state index in [1.165, 1.54) is 24.3 Å². The van der Waals surface area contributed by atoms with E-state index in [1.807, 2.05) is 0 Å². The minimum atomic E-state index is -2.70. The maximum absolute atomic E-state index is 12.0. The molecule has 1 aromatic carbocycles. The van der Waals surface area contributed by atoms with Gasteiger partial charge in [-0.15, -0.1) is 0 Å². The summed E-state index contributed by atoms with van der Waals surface area (Å²) in [6.07, 6.45) is 1.67. The van der Waals surface area contributed by atoms with Gasteiger partial charge < -0.3 is 5.11 Å². The van der Waals surface area contributed by atoms with Crippen LogP contribution >= 0.6 is 0 Å². The Labute approximate surface area is 87.9 Å². The SMILES string of the molecule is N=S(=O)(c1ccc(C(=O)O)cc1)C1CC1. The zero-order valence-electron chi connectivity index (χ0n) is 7.97. The van der Waals surface area contributed by atoms with Crippen molar-refractivity contribution in [2.24, 2.45) is 0 Å². The van der Waals surface area contributed by atoms with Gasteiger partial charge in [-0.05, 0) is 37.1 Å². The van der Waals surface area contributed by atoms with E-state index < -0.39 is 15.7 Å². The van der Waals surface area contributed by atoms with Crippen molar-refractivity contribution >= 4 is 15.7 Å². The van der Waals surface area contributed by atoms with E-state index >= 15 is 0 Å². The van der Waals surface area contributed by atoms with Crippen molar-refractivity contribution in [2.75, 3.05) is 0 Å². The minimum Gasteiger partial charge on any atom is -0.478 e. The molecule has 0 amide bonds. The maximum atomic E-state index is 12.0. The summed E-state index contributed by atoms with van der Waals surface area (Å²) in [5.74, 6) is -1.01. The van der Waals surface area contributed by atoms with Crippen LogP contribution in [0.3, 0.4) is 0 Å². The molecule has 15 heavy (non-hydrogen) atoms. The van der Waals surface area contributed by atoms with Crippen LogP contribution in [0.25, 0.3) is 0 Å². The van der Waals surface area contributed by atoms with E-state index in [1.54, 1.807) is 0 Å². The lowest BCUT2D eigenvalue weighted by molar-refractivity contribution is 0.0697. The van der Waals surface area contributed by atoms with Crippen molar-refractivity contribution in [1.82, 2.24) is 0 Å². The van der Waals surface area contributed by atoms with Gasteiger partial charge in [0, 0.05) is 10.1 Å². The Morgan fingerprint density at radius 2 is 1.87 bits per heavy atom. The second-order valence-corrected chi connectivity index (χ2v) is 5.97. The molecule has 0 radical (unpaired) electrons. The molecule has 1 unspecified atom stereocenters. The first kappa shape index (κ1) is 10.2. The molecule has 80 valence electrons. The summed E-state index contributed by atoms with van der Waals surface area (Å²) in [6, 6.07) is 5.76. The lowest BCUT2D eigenvalue weighted by Crippen LogP contribution is -2.05. The number of nitrogens with one attached hydrogen (secondary N) is 1. The number of carboxylic acid groups (broad SMARTS) is 1. The third-order valence-corrected chi connectivity index (χ3v) is 4.83. The van der Waals surface area contributed by atoms with E-state index in [2.05, 4.69) is 0 Å². The van der Waals surface area contributed by atoms with Gasteiger partial charge in [0.05, 0.1) is 15.3 Å². The minimum absolute atomic E-state index is 0.0341. The molecule has 1 atom stereocenters. The average Bonchev–Trinajstić information content (AvgIpc) is 3.01. The smallest absolute Gasteiger partial charge is 0.335 e. The molecule has 0 bridgehead atoms. The molecule has 2 rings (SSSR count). The molecule has 4 nitrogen and oxygen atoms in total. The Bertz CT molecular complexity index is 486. The van der Waals surface area contributed by atoms with Crippen LogP contribution in [0, 0.1) is 4.78 Å². The summed E-state index contributed by atoms with van der Waals surface area (Å²) in [6.45, 7) is 0.